The predicted octanol–water partition coefficient (Wildman–Crippen LogP) is 2.32. The van der Waals surface area contributed by atoms with Gasteiger partial charge in [0.1, 0.15) is 0 Å². The number of halogens is 1. The van der Waals surface area contributed by atoms with Crippen LogP contribution in [-0.2, 0) is 0 Å². The van der Waals surface area contributed by atoms with Crippen LogP contribution in [0.5, 0.6) is 0 Å². The van der Waals surface area contributed by atoms with E-state index in [1.807, 2.05) is 7.05 Å². The molecule has 0 saturated carbocycles. The van der Waals surface area contributed by atoms with E-state index in [0.29, 0.717) is 17.5 Å². The van der Waals surface area contributed by atoms with Crippen molar-refractivity contribution in [1.82, 2.24) is 10.6 Å². The number of nitrogens with one attached hydrogen (secondary N) is 3. The Kier molecular flexibility index (Phi) is 5.80. The van der Waals surface area contributed by atoms with Crippen LogP contribution >= 0.6 is 11.6 Å². The predicted molar refractivity (Wildman–Crippen MR) is 71.6 cm³/mol. The van der Waals surface area contributed by atoms with Gasteiger partial charge in [0, 0.05) is 17.3 Å². The zero-order chi connectivity index (χ0) is 12.7. The maximum Gasteiger partial charge on any atom is 0.319 e. The number of rotatable bonds is 5. The molecule has 94 valence electrons. The Morgan fingerprint density at radius 3 is 2.53 bits per heavy atom. The number of urea groups is 1. The van der Waals surface area contributed by atoms with Crippen LogP contribution in [0.15, 0.2) is 24.3 Å². The molecule has 3 N–H and O–H groups in total. The van der Waals surface area contributed by atoms with Gasteiger partial charge in [0.05, 0.1) is 0 Å². The van der Waals surface area contributed by atoms with Gasteiger partial charge >= 0.3 is 6.03 Å². The van der Waals surface area contributed by atoms with E-state index < -0.39 is 0 Å². The number of benzene rings is 1. The van der Waals surface area contributed by atoms with Gasteiger partial charge in [-0.1, -0.05) is 18.5 Å². The zero-order valence-electron chi connectivity index (χ0n) is 10.1. The van der Waals surface area contributed by atoms with Gasteiger partial charge in [-0.3, -0.25) is 0 Å². The van der Waals surface area contributed by atoms with Gasteiger partial charge in [-0.15, -0.1) is 0 Å². The summed E-state index contributed by atoms with van der Waals surface area (Å²) < 4.78 is 0. The summed E-state index contributed by atoms with van der Waals surface area (Å²) in [5.74, 6) is 0.399. The third-order valence-corrected chi connectivity index (χ3v) is 2.52. The van der Waals surface area contributed by atoms with Crippen LogP contribution in [0.2, 0.25) is 5.02 Å². The number of anilines is 1. The Morgan fingerprint density at radius 2 is 1.94 bits per heavy atom. The smallest absolute Gasteiger partial charge is 0.319 e. The van der Waals surface area contributed by atoms with Crippen molar-refractivity contribution in [2.75, 3.05) is 25.5 Å². The van der Waals surface area contributed by atoms with Crippen molar-refractivity contribution in [3.63, 3.8) is 0 Å². The second-order valence-corrected chi connectivity index (χ2v) is 4.44. The molecule has 0 aliphatic carbocycles. The van der Waals surface area contributed by atoms with E-state index >= 15 is 0 Å². The Hall–Kier alpha value is -1.26. The standard InChI is InChI=1S/C12H18ClN3O/c1-9(7-14-2)8-15-12(17)16-11-5-3-10(13)4-6-11/h3-6,9,14H,7-8H2,1-2H3,(H2,15,16,17). The quantitative estimate of drug-likeness (QED) is 0.756. The number of amides is 2. The van der Waals surface area contributed by atoms with Crippen LogP contribution in [0.25, 0.3) is 0 Å². The van der Waals surface area contributed by atoms with Crippen LogP contribution in [0, 0.1) is 5.92 Å². The average Bonchev–Trinajstić information content (AvgIpc) is 2.30. The minimum Gasteiger partial charge on any atom is -0.338 e. The summed E-state index contributed by atoms with van der Waals surface area (Å²) in [6, 6.07) is 6.80. The lowest BCUT2D eigenvalue weighted by atomic mass is 10.2. The first-order valence-corrected chi connectivity index (χ1v) is 5.94. The molecule has 0 heterocycles. The van der Waals surface area contributed by atoms with E-state index in [0.717, 1.165) is 12.2 Å². The molecule has 1 atom stereocenters. The molecule has 0 fully saturated rings. The third-order valence-electron chi connectivity index (χ3n) is 2.27. The monoisotopic (exact) mass is 255 g/mol. The van der Waals surface area contributed by atoms with Crippen LogP contribution in [-0.4, -0.2) is 26.2 Å². The highest BCUT2D eigenvalue weighted by molar-refractivity contribution is 6.30. The van der Waals surface area contributed by atoms with E-state index in [2.05, 4.69) is 22.9 Å². The summed E-state index contributed by atoms with van der Waals surface area (Å²) in [6.07, 6.45) is 0. The molecule has 1 aromatic carbocycles. The molecule has 4 nitrogen and oxygen atoms in total. The largest absolute Gasteiger partial charge is 0.338 e. The highest BCUT2D eigenvalue weighted by Gasteiger charge is 2.04. The summed E-state index contributed by atoms with van der Waals surface area (Å²) in [5.41, 5.74) is 0.730. The van der Waals surface area contributed by atoms with Crippen molar-refractivity contribution in [3.05, 3.63) is 29.3 Å². The van der Waals surface area contributed by atoms with Crippen molar-refractivity contribution in [1.29, 1.82) is 0 Å². The molecule has 0 aliphatic heterocycles. The van der Waals surface area contributed by atoms with Gasteiger partial charge in [0.25, 0.3) is 0 Å². The first-order valence-electron chi connectivity index (χ1n) is 5.57. The molecule has 1 unspecified atom stereocenters. The maximum absolute atomic E-state index is 11.5. The third kappa shape index (κ3) is 5.56. The highest BCUT2D eigenvalue weighted by atomic mass is 35.5. The molecule has 1 aromatic rings. The molecule has 2 amide bonds. The SMILES string of the molecule is CNCC(C)CNC(=O)Nc1ccc(Cl)cc1. The zero-order valence-corrected chi connectivity index (χ0v) is 10.8. The summed E-state index contributed by atoms with van der Waals surface area (Å²) >= 11 is 5.75. The van der Waals surface area contributed by atoms with Gasteiger partial charge in [-0.2, -0.15) is 0 Å². The molecular formula is C12H18ClN3O. The van der Waals surface area contributed by atoms with E-state index in [-0.39, 0.29) is 6.03 Å². The van der Waals surface area contributed by atoms with Gasteiger partial charge in [0.2, 0.25) is 0 Å². The summed E-state index contributed by atoms with van der Waals surface area (Å²) in [5, 5.41) is 9.26. The number of hydrogen-bond acceptors (Lipinski definition) is 2. The van der Waals surface area contributed by atoms with Crippen molar-refractivity contribution < 1.29 is 4.79 Å². The van der Waals surface area contributed by atoms with Gasteiger partial charge in [0.15, 0.2) is 0 Å². The van der Waals surface area contributed by atoms with Crippen LogP contribution in [0.1, 0.15) is 6.92 Å². The van der Waals surface area contributed by atoms with E-state index in [1.165, 1.54) is 0 Å². The molecule has 0 aromatic heterocycles. The molecule has 0 radical (unpaired) electrons. The molecule has 0 saturated heterocycles. The Balaban J connectivity index is 2.32. The topological polar surface area (TPSA) is 53.2 Å². The lowest BCUT2D eigenvalue weighted by Crippen LogP contribution is -2.35. The number of carbonyl (C=O) groups excluding carboxylic acids is 1. The van der Waals surface area contributed by atoms with Gasteiger partial charge < -0.3 is 16.0 Å². The van der Waals surface area contributed by atoms with Crippen molar-refractivity contribution >= 4 is 23.3 Å². The molecule has 1 rings (SSSR count). The van der Waals surface area contributed by atoms with Crippen LogP contribution in [0.3, 0.4) is 0 Å². The van der Waals surface area contributed by atoms with E-state index in [4.69, 9.17) is 11.6 Å². The van der Waals surface area contributed by atoms with Gasteiger partial charge in [-0.05, 0) is 43.8 Å². The molecule has 0 bridgehead atoms. The lowest BCUT2D eigenvalue weighted by Gasteiger charge is -2.12. The van der Waals surface area contributed by atoms with E-state index in [9.17, 15) is 4.79 Å². The minimum absolute atomic E-state index is 0.199. The lowest BCUT2D eigenvalue weighted by molar-refractivity contribution is 0.250. The fourth-order valence-electron chi connectivity index (χ4n) is 1.40. The minimum atomic E-state index is -0.199. The van der Waals surface area contributed by atoms with Crippen LogP contribution in [0.4, 0.5) is 10.5 Å². The van der Waals surface area contributed by atoms with Crippen molar-refractivity contribution in [2.45, 2.75) is 6.92 Å². The molecule has 0 spiro atoms. The normalized spacial score (nSPS) is 11.9. The second-order valence-electron chi connectivity index (χ2n) is 4.00. The first-order chi connectivity index (χ1) is 8.11. The van der Waals surface area contributed by atoms with E-state index in [1.54, 1.807) is 24.3 Å². The maximum atomic E-state index is 11.5. The van der Waals surface area contributed by atoms with Gasteiger partial charge in [-0.25, -0.2) is 4.79 Å². The molecule has 5 heteroatoms. The van der Waals surface area contributed by atoms with Crippen molar-refractivity contribution in [2.24, 2.45) is 5.92 Å². The fraction of sp³-hybridized carbons (Fsp3) is 0.417. The Bertz CT molecular complexity index is 353. The highest BCUT2D eigenvalue weighted by Crippen LogP contribution is 2.12. The summed E-state index contributed by atoms with van der Waals surface area (Å²) in [6.45, 7) is 3.58. The summed E-state index contributed by atoms with van der Waals surface area (Å²) in [7, 11) is 1.89. The molecular weight excluding hydrogens is 238 g/mol. The Morgan fingerprint density at radius 1 is 1.29 bits per heavy atom. The second kappa shape index (κ2) is 7.14. The average molecular weight is 256 g/mol. The first kappa shape index (κ1) is 13.8. The fourth-order valence-corrected chi connectivity index (χ4v) is 1.52. The number of carbonyl (C=O) groups is 1. The Labute approximate surface area is 107 Å². The van der Waals surface area contributed by atoms with Crippen molar-refractivity contribution in [3.8, 4) is 0 Å². The van der Waals surface area contributed by atoms with Crippen LogP contribution < -0.4 is 16.0 Å². The molecule has 17 heavy (non-hydrogen) atoms. The summed E-state index contributed by atoms with van der Waals surface area (Å²) in [4.78, 5) is 11.5. The number of hydrogen-bond donors (Lipinski definition) is 3. The molecule has 0 aliphatic rings.